The number of hydrogen-bond acceptors (Lipinski definition) is 3. The maximum atomic E-state index is 12.2. The van der Waals surface area contributed by atoms with Gasteiger partial charge < -0.3 is 5.32 Å². The lowest BCUT2D eigenvalue weighted by molar-refractivity contribution is -0.384. The Morgan fingerprint density at radius 3 is 2.86 bits per heavy atom. The molecule has 5 nitrogen and oxygen atoms in total. The lowest BCUT2D eigenvalue weighted by Crippen LogP contribution is -2.32. The molecule has 21 heavy (non-hydrogen) atoms. The third-order valence-corrected chi connectivity index (χ3v) is 4.64. The second-order valence-electron chi connectivity index (χ2n) is 5.65. The van der Waals surface area contributed by atoms with Crippen molar-refractivity contribution >= 4 is 27.5 Å². The molecule has 114 valence electrons. The van der Waals surface area contributed by atoms with E-state index in [1.807, 2.05) is 0 Å². The summed E-state index contributed by atoms with van der Waals surface area (Å²) < 4.78 is 0. The van der Waals surface area contributed by atoms with Crippen LogP contribution in [-0.4, -0.2) is 22.2 Å². The number of carbonyl (C=O) groups is 1. The van der Waals surface area contributed by atoms with E-state index in [9.17, 15) is 14.9 Å². The van der Waals surface area contributed by atoms with Crippen LogP contribution in [0.15, 0.2) is 18.2 Å². The smallest absolute Gasteiger partial charge is 0.270 e. The van der Waals surface area contributed by atoms with Crippen LogP contribution in [0.3, 0.4) is 0 Å². The molecule has 0 aliphatic heterocycles. The minimum absolute atomic E-state index is 0.0432. The van der Waals surface area contributed by atoms with Gasteiger partial charge in [-0.05, 0) is 43.7 Å². The number of carbonyl (C=O) groups excluding carboxylic acids is 1. The van der Waals surface area contributed by atoms with E-state index in [1.54, 1.807) is 13.0 Å². The predicted molar refractivity (Wildman–Crippen MR) is 84.8 cm³/mol. The molecule has 1 aliphatic carbocycles. The van der Waals surface area contributed by atoms with Crippen LogP contribution >= 0.6 is 15.9 Å². The van der Waals surface area contributed by atoms with E-state index in [4.69, 9.17) is 0 Å². The van der Waals surface area contributed by atoms with E-state index in [2.05, 4.69) is 21.2 Å². The zero-order valence-corrected chi connectivity index (χ0v) is 13.6. The Morgan fingerprint density at radius 1 is 1.43 bits per heavy atom. The summed E-state index contributed by atoms with van der Waals surface area (Å²) in [7, 11) is 0. The first-order valence-electron chi connectivity index (χ1n) is 7.14. The van der Waals surface area contributed by atoms with Gasteiger partial charge in [0.1, 0.15) is 0 Å². The molecule has 1 saturated carbocycles. The number of alkyl halides is 1. The number of amides is 1. The van der Waals surface area contributed by atoms with Gasteiger partial charge in [-0.3, -0.25) is 14.9 Å². The monoisotopic (exact) mass is 354 g/mol. The Bertz CT molecular complexity index is 548. The molecule has 1 amide bonds. The Morgan fingerprint density at radius 2 is 2.19 bits per heavy atom. The van der Waals surface area contributed by atoms with E-state index >= 15 is 0 Å². The van der Waals surface area contributed by atoms with Gasteiger partial charge in [-0.25, -0.2) is 0 Å². The van der Waals surface area contributed by atoms with Crippen LogP contribution in [-0.2, 0) is 0 Å². The average Bonchev–Trinajstić information content (AvgIpc) is 2.44. The second kappa shape index (κ2) is 7.02. The van der Waals surface area contributed by atoms with Crippen molar-refractivity contribution in [2.45, 2.75) is 37.4 Å². The SMILES string of the molecule is Cc1cc(C(=O)NCC2CCCC(Br)C2)cc([N+](=O)[O-])c1. The topological polar surface area (TPSA) is 72.2 Å². The van der Waals surface area contributed by atoms with Crippen molar-refractivity contribution < 1.29 is 9.72 Å². The zero-order chi connectivity index (χ0) is 15.4. The minimum atomic E-state index is -0.472. The standard InChI is InChI=1S/C15H19BrN2O3/c1-10-5-12(8-14(6-10)18(20)21)15(19)17-9-11-3-2-4-13(16)7-11/h5-6,8,11,13H,2-4,7,9H2,1H3,(H,17,19). The highest BCUT2D eigenvalue weighted by Gasteiger charge is 2.21. The van der Waals surface area contributed by atoms with E-state index in [0.29, 0.717) is 28.4 Å². The molecule has 0 bridgehead atoms. The van der Waals surface area contributed by atoms with Crippen LogP contribution in [0.1, 0.15) is 41.6 Å². The molecule has 1 aromatic rings. The normalized spacial score (nSPS) is 21.8. The summed E-state index contributed by atoms with van der Waals surface area (Å²) >= 11 is 3.63. The quantitative estimate of drug-likeness (QED) is 0.510. The van der Waals surface area contributed by atoms with Crippen molar-refractivity contribution in [2.75, 3.05) is 6.54 Å². The van der Waals surface area contributed by atoms with Crippen molar-refractivity contribution in [1.82, 2.24) is 5.32 Å². The van der Waals surface area contributed by atoms with Crippen molar-refractivity contribution in [3.05, 3.63) is 39.4 Å². The van der Waals surface area contributed by atoms with Gasteiger partial charge in [0.05, 0.1) is 4.92 Å². The number of hydrogen-bond donors (Lipinski definition) is 1. The number of nitro benzene ring substituents is 1. The highest BCUT2D eigenvalue weighted by molar-refractivity contribution is 9.09. The van der Waals surface area contributed by atoms with Crippen LogP contribution in [0.25, 0.3) is 0 Å². The number of non-ortho nitro benzene ring substituents is 1. The Hall–Kier alpha value is -1.43. The second-order valence-corrected chi connectivity index (χ2v) is 6.95. The van der Waals surface area contributed by atoms with E-state index in [1.165, 1.54) is 25.0 Å². The first kappa shape index (κ1) is 15.9. The molecular weight excluding hydrogens is 336 g/mol. The maximum absolute atomic E-state index is 12.2. The van der Waals surface area contributed by atoms with Crippen LogP contribution in [0.5, 0.6) is 0 Å². The molecule has 2 atom stereocenters. The molecule has 1 fully saturated rings. The first-order valence-corrected chi connectivity index (χ1v) is 8.05. The van der Waals surface area contributed by atoms with Crippen molar-refractivity contribution in [1.29, 1.82) is 0 Å². The molecule has 0 heterocycles. The zero-order valence-electron chi connectivity index (χ0n) is 12.0. The summed E-state index contributed by atoms with van der Waals surface area (Å²) in [6.07, 6.45) is 4.55. The van der Waals surface area contributed by atoms with E-state index < -0.39 is 4.92 Å². The van der Waals surface area contributed by atoms with Crippen molar-refractivity contribution in [3.8, 4) is 0 Å². The Labute approximate surface area is 132 Å². The summed E-state index contributed by atoms with van der Waals surface area (Å²) in [5, 5.41) is 13.7. The molecule has 2 rings (SSSR count). The van der Waals surface area contributed by atoms with Gasteiger partial charge in [0.15, 0.2) is 0 Å². The van der Waals surface area contributed by atoms with Gasteiger partial charge >= 0.3 is 0 Å². The fraction of sp³-hybridized carbons (Fsp3) is 0.533. The summed E-state index contributed by atoms with van der Waals surface area (Å²) in [4.78, 5) is 23.1. The number of benzene rings is 1. The molecule has 1 aliphatic rings. The number of aryl methyl sites for hydroxylation is 1. The number of nitro groups is 1. The van der Waals surface area contributed by atoms with E-state index in [-0.39, 0.29) is 11.6 Å². The molecule has 1 N–H and O–H groups in total. The third kappa shape index (κ3) is 4.52. The minimum Gasteiger partial charge on any atom is -0.352 e. The average molecular weight is 355 g/mol. The van der Waals surface area contributed by atoms with Gasteiger partial charge in [0.2, 0.25) is 0 Å². The molecule has 2 unspecified atom stereocenters. The van der Waals surface area contributed by atoms with Gasteiger partial charge in [-0.1, -0.05) is 22.4 Å². The van der Waals surface area contributed by atoms with Crippen LogP contribution in [0.2, 0.25) is 0 Å². The lowest BCUT2D eigenvalue weighted by atomic mass is 9.89. The van der Waals surface area contributed by atoms with Crippen LogP contribution in [0, 0.1) is 23.0 Å². The van der Waals surface area contributed by atoms with Crippen molar-refractivity contribution in [2.24, 2.45) is 5.92 Å². The third-order valence-electron chi connectivity index (χ3n) is 3.81. The van der Waals surface area contributed by atoms with Gasteiger partial charge in [-0.15, -0.1) is 0 Å². The van der Waals surface area contributed by atoms with Gasteiger partial charge in [-0.2, -0.15) is 0 Å². The largest absolute Gasteiger partial charge is 0.352 e. The van der Waals surface area contributed by atoms with Gasteiger partial charge in [0, 0.05) is 29.1 Å². The molecule has 1 aromatic carbocycles. The highest BCUT2D eigenvalue weighted by Crippen LogP contribution is 2.28. The molecule has 0 aromatic heterocycles. The molecule has 6 heteroatoms. The Balaban J connectivity index is 1.98. The molecule has 0 saturated heterocycles. The number of halogens is 1. The summed E-state index contributed by atoms with van der Waals surface area (Å²) in [6.45, 7) is 2.38. The first-order chi connectivity index (χ1) is 9.95. The van der Waals surface area contributed by atoms with Crippen LogP contribution in [0.4, 0.5) is 5.69 Å². The highest BCUT2D eigenvalue weighted by atomic mass is 79.9. The summed E-state index contributed by atoms with van der Waals surface area (Å²) in [5.41, 5.74) is 1.03. The Kier molecular flexibility index (Phi) is 5.33. The molecule has 0 radical (unpaired) electrons. The predicted octanol–water partition coefficient (Wildman–Crippen LogP) is 3.59. The lowest BCUT2D eigenvalue weighted by Gasteiger charge is -2.25. The number of rotatable bonds is 4. The van der Waals surface area contributed by atoms with Crippen molar-refractivity contribution in [3.63, 3.8) is 0 Å². The van der Waals surface area contributed by atoms with E-state index in [0.717, 1.165) is 12.8 Å². The fourth-order valence-electron chi connectivity index (χ4n) is 2.75. The summed E-state index contributed by atoms with van der Waals surface area (Å²) in [6, 6.07) is 4.47. The van der Waals surface area contributed by atoms with Gasteiger partial charge in [0.25, 0.3) is 11.6 Å². The molecular formula is C15H19BrN2O3. The maximum Gasteiger partial charge on any atom is 0.270 e. The molecule has 0 spiro atoms. The number of nitrogens with one attached hydrogen (secondary N) is 1. The number of nitrogens with zero attached hydrogens (tertiary/aromatic N) is 1. The fourth-order valence-corrected chi connectivity index (χ4v) is 3.60. The van der Waals surface area contributed by atoms with Crippen LogP contribution < -0.4 is 5.32 Å². The summed E-state index contributed by atoms with van der Waals surface area (Å²) in [5.74, 6) is 0.241.